The molecule has 124 valence electrons. The zero-order chi connectivity index (χ0) is 17.4. The lowest BCUT2D eigenvalue weighted by Gasteiger charge is -2.12. The summed E-state index contributed by atoms with van der Waals surface area (Å²) in [7, 11) is 1.90. The first kappa shape index (κ1) is 16.4. The van der Waals surface area contributed by atoms with Crippen LogP contribution in [0.3, 0.4) is 0 Å². The second-order valence-electron chi connectivity index (χ2n) is 5.61. The summed E-state index contributed by atoms with van der Waals surface area (Å²) in [6, 6.07) is 5.19. The highest BCUT2D eigenvalue weighted by Gasteiger charge is 2.16. The maximum absolute atomic E-state index is 11.6. The number of nitrogens with zero attached hydrogens (tertiary/aromatic N) is 3. The summed E-state index contributed by atoms with van der Waals surface area (Å²) < 4.78 is 2.60. The number of pyridine rings is 1. The number of halogens is 1. The summed E-state index contributed by atoms with van der Waals surface area (Å²) >= 11 is 3.44. The van der Waals surface area contributed by atoms with E-state index in [0.717, 1.165) is 26.8 Å². The van der Waals surface area contributed by atoms with E-state index in [1.165, 1.54) is 0 Å². The Hall–Kier alpha value is -2.41. The molecule has 0 fully saturated rings. The Bertz CT molecular complexity index is 949. The third-order valence-corrected chi connectivity index (χ3v) is 4.82. The van der Waals surface area contributed by atoms with E-state index in [9.17, 15) is 9.90 Å². The quantitative estimate of drug-likeness (QED) is 0.712. The molecule has 0 radical (unpaired) electrons. The molecule has 2 aromatic heterocycles. The maximum atomic E-state index is 11.6. The van der Waals surface area contributed by atoms with Gasteiger partial charge in [-0.1, -0.05) is 12.1 Å². The van der Waals surface area contributed by atoms with Gasteiger partial charge in [0, 0.05) is 46.3 Å². The molecule has 0 spiro atoms. The van der Waals surface area contributed by atoms with Crippen molar-refractivity contribution in [3.05, 3.63) is 51.4 Å². The minimum absolute atomic E-state index is 0.225. The molecule has 0 saturated heterocycles. The Kier molecular flexibility index (Phi) is 4.28. The molecule has 0 saturated carbocycles. The molecule has 6 nitrogen and oxygen atoms in total. The monoisotopic (exact) mass is 388 g/mol. The first-order valence-corrected chi connectivity index (χ1v) is 8.23. The van der Waals surface area contributed by atoms with Gasteiger partial charge in [0.1, 0.15) is 5.82 Å². The molecule has 0 bridgehead atoms. The minimum atomic E-state index is -0.975. The topological polar surface area (TPSA) is 80.0 Å². The molecule has 2 heterocycles. The molecule has 7 heteroatoms. The zero-order valence-electron chi connectivity index (χ0n) is 13.6. The minimum Gasteiger partial charge on any atom is -0.478 e. The van der Waals surface area contributed by atoms with Crippen LogP contribution < -0.4 is 5.32 Å². The number of fused-ring (bicyclic) bond motifs is 1. The van der Waals surface area contributed by atoms with Gasteiger partial charge in [-0.15, -0.1) is 0 Å². The molecule has 0 amide bonds. The van der Waals surface area contributed by atoms with E-state index in [1.807, 2.05) is 31.6 Å². The predicted molar refractivity (Wildman–Crippen MR) is 96.4 cm³/mol. The number of anilines is 1. The van der Waals surface area contributed by atoms with E-state index in [4.69, 9.17) is 0 Å². The smallest absolute Gasteiger partial charge is 0.336 e. The molecule has 0 atom stereocenters. The van der Waals surface area contributed by atoms with Crippen LogP contribution in [0, 0.1) is 13.8 Å². The Morgan fingerprint density at radius 1 is 1.38 bits per heavy atom. The van der Waals surface area contributed by atoms with Crippen LogP contribution in [0.5, 0.6) is 0 Å². The summed E-state index contributed by atoms with van der Waals surface area (Å²) in [6.07, 6.45) is 1.68. The molecule has 3 aromatic rings. The molecular weight excluding hydrogens is 372 g/mol. The lowest BCUT2D eigenvalue weighted by atomic mass is 10.1. The molecule has 0 aliphatic rings. The SMILES string of the molecule is Cc1nn(C)c(C)c1CNc1ncc(Br)c2cccc(C(=O)O)c12. The number of carbonyl (C=O) groups is 1. The van der Waals surface area contributed by atoms with E-state index in [0.29, 0.717) is 17.7 Å². The second kappa shape index (κ2) is 6.24. The van der Waals surface area contributed by atoms with Crippen LogP contribution in [0.4, 0.5) is 5.82 Å². The molecule has 24 heavy (non-hydrogen) atoms. The van der Waals surface area contributed by atoms with Gasteiger partial charge in [-0.25, -0.2) is 9.78 Å². The van der Waals surface area contributed by atoms with Gasteiger partial charge in [0.15, 0.2) is 0 Å². The Morgan fingerprint density at radius 3 is 2.75 bits per heavy atom. The predicted octanol–water partition coefficient (Wildman–Crippen LogP) is 3.66. The summed E-state index contributed by atoms with van der Waals surface area (Å²) in [4.78, 5) is 16.0. The Morgan fingerprint density at radius 2 is 2.12 bits per heavy atom. The van der Waals surface area contributed by atoms with Crippen molar-refractivity contribution in [1.29, 1.82) is 0 Å². The van der Waals surface area contributed by atoms with Gasteiger partial charge in [-0.2, -0.15) is 5.10 Å². The summed E-state index contributed by atoms with van der Waals surface area (Å²) in [5, 5.41) is 18.6. The molecule has 0 aliphatic heterocycles. The normalized spacial score (nSPS) is 11.0. The van der Waals surface area contributed by atoms with Gasteiger partial charge in [0.05, 0.1) is 11.3 Å². The maximum Gasteiger partial charge on any atom is 0.336 e. The van der Waals surface area contributed by atoms with Crippen molar-refractivity contribution in [3.63, 3.8) is 0 Å². The largest absolute Gasteiger partial charge is 0.478 e. The van der Waals surface area contributed by atoms with E-state index >= 15 is 0 Å². The summed E-state index contributed by atoms with van der Waals surface area (Å²) in [6.45, 7) is 4.50. The molecule has 1 aromatic carbocycles. The van der Waals surface area contributed by atoms with Crippen molar-refractivity contribution in [2.45, 2.75) is 20.4 Å². The average molecular weight is 389 g/mol. The summed E-state index contributed by atoms with van der Waals surface area (Å²) in [5.74, 6) is -0.425. The van der Waals surface area contributed by atoms with Crippen LogP contribution in [0.1, 0.15) is 27.3 Å². The van der Waals surface area contributed by atoms with Crippen molar-refractivity contribution in [3.8, 4) is 0 Å². The van der Waals surface area contributed by atoms with E-state index in [1.54, 1.807) is 18.3 Å². The van der Waals surface area contributed by atoms with Gasteiger partial charge in [-0.3, -0.25) is 4.68 Å². The van der Waals surface area contributed by atoms with Crippen LogP contribution >= 0.6 is 15.9 Å². The van der Waals surface area contributed by atoms with Crippen molar-refractivity contribution < 1.29 is 9.90 Å². The van der Waals surface area contributed by atoms with E-state index < -0.39 is 5.97 Å². The first-order chi connectivity index (χ1) is 11.4. The van der Waals surface area contributed by atoms with E-state index in [2.05, 4.69) is 31.3 Å². The number of hydrogen-bond acceptors (Lipinski definition) is 4. The molecule has 3 rings (SSSR count). The Labute approximate surface area is 147 Å². The molecule has 0 aliphatic carbocycles. The van der Waals surface area contributed by atoms with Gasteiger partial charge < -0.3 is 10.4 Å². The van der Waals surface area contributed by atoms with Crippen LogP contribution in [0.25, 0.3) is 10.8 Å². The number of aryl methyl sites for hydroxylation is 2. The van der Waals surface area contributed by atoms with Gasteiger partial charge in [0.25, 0.3) is 0 Å². The number of rotatable bonds is 4. The first-order valence-electron chi connectivity index (χ1n) is 7.43. The number of carboxylic acids is 1. The van der Waals surface area contributed by atoms with Crippen molar-refractivity contribution in [2.24, 2.45) is 7.05 Å². The number of hydrogen-bond donors (Lipinski definition) is 2. The third-order valence-electron chi connectivity index (χ3n) is 4.19. The summed E-state index contributed by atoms with van der Waals surface area (Å²) in [5.41, 5.74) is 3.33. The fourth-order valence-corrected chi connectivity index (χ4v) is 3.25. The lowest BCUT2D eigenvalue weighted by Crippen LogP contribution is -2.07. The highest BCUT2D eigenvalue weighted by Crippen LogP contribution is 2.31. The highest BCUT2D eigenvalue weighted by molar-refractivity contribution is 9.10. The van der Waals surface area contributed by atoms with Crippen molar-refractivity contribution in [1.82, 2.24) is 14.8 Å². The zero-order valence-corrected chi connectivity index (χ0v) is 15.2. The van der Waals surface area contributed by atoms with Gasteiger partial charge >= 0.3 is 5.97 Å². The lowest BCUT2D eigenvalue weighted by molar-refractivity contribution is 0.0699. The molecule has 2 N–H and O–H groups in total. The number of carboxylic acid groups (broad SMARTS) is 1. The van der Waals surface area contributed by atoms with Crippen LogP contribution in [-0.4, -0.2) is 25.8 Å². The number of nitrogens with one attached hydrogen (secondary N) is 1. The fraction of sp³-hybridized carbons (Fsp3) is 0.235. The van der Waals surface area contributed by atoms with Crippen molar-refractivity contribution >= 4 is 38.5 Å². The van der Waals surface area contributed by atoms with Crippen molar-refractivity contribution in [2.75, 3.05) is 5.32 Å². The average Bonchev–Trinajstić information content (AvgIpc) is 2.79. The fourth-order valence-electron chi connectivity index (χ4n) is 2.82. The van der Waals surface area contributed by atoms with Crippen LogP contribution in [0.2, 0.25) is 0 Å². The number of aromatic nitrogens is 3. The van der Waals surface area contributed by atoms with Gasteiger partial charge in [-0.05, 0) is 35.8 Å². The van der Waals surface area contributed by atoms with Crippen LogP contribution in [-0.2, 0) is 13.6 Å². The van der Waals surface area contributed by atoms with E-state index in [-0.39, 0.29) is 5.56 Å². The second-order valence-corrected chi connectivity index (χ2v) is 6.47. The molecular formula is C17H17BrN4O2. The highest BCUT2D eigenvalue weighted by atomic mass is 79.9. The third kappa shape index (κ3) is 2.75. The molecule has 0 unspecified atom stereocenters. The standard InChI is InChI=1S/C17H17BrN4O2/c1-9-13(10(2)22(3)21-9)7-19-16-15-11(14(18)8-20-16)5-4-6-12(15)17(23)24/h4-6,8H,7H2,1-3H3,(H,19,20)(H,23,24). The van der Waals surface area contributed by atoms with Crippen LogP contribution in [0.15, 0.2) is 28.9 Å². The Balaban J connectivity index is 2.07. The van der Waals surface area contributed by atoms with Gasteiger partial charge in [0.2, 0.25) is 0 Å². The number of benzene rings is 1. The number of aromatic carboxylic acids is 1.